The fourth-order valence-corrected chi connectivity index (χ4v) is 3.08. The molecule has 0 aliphatic rings. The predicted octanol–water partition coefficient (Wildman–Crippen LogP) is 1.60. The zero-order valence-corrected chi connectivity index (χ0v) is 15.7. The Morgan fingerprint density at radius 2 is 1.06 bits per heavy atom. The van der Waals surface area contributed by atoms with Gasteiger partial charge in [-0.25, -0.2) is 0 Å². The van der Waals surface area contributed by atoms with Gasteiger partial charge in [-0.3, -0.25) is 0 Å². The highest BCUT2D eigenvalue weighted by atomic mass is 127. The van der Waals surface area contributed by atoms with Crippen molar-refractivity contribution < 1.29 is 28.5 Å². The summed E-state index contributed by atoms with van der Waals surface area (Å²) in [6, 6.07) is 0. The van der Waals surface area contributed by atoms with Crippen molar-refractivity contribution in [1.29, 1.82) is 0 Å². The van der Waals surface area contributed by atoms with Gasteiger partial charge in [0, 0.05) is 0 Å². The molecule has 0 bridgehead atoms. The van der Waals surface area contributed by atoms with Gasteiger partial charge in [0.2, 0.25) is 0 Å². The van der Waals surface area contributed by atoms with Crippen molar-refractivity contribution in [2.75, 3.05) is 31.5 Å². The van der Waals surface area contributed by atoms with E-state index in [1.165, 1.54) is 69.2 Å². The lowest BCUT2D eigenvalue weighted by molar-refractivity contribution is -0.926. The Balaban J connectivity index is 0. The summed E-state index contributed by atoms with van der Waals surface area (Å²) in [7, 11) is 0. The van der Waals surface area contributed by atoms with Crippen LogP contribution in [-0.2, 0) is 0 Å². The van der Waals surface area contributed by atoms with Gasteiger partial charge >= 0.3 is 0 Å². The largest absolute Gasteiger partial charge is 1.00 e. The first kappa shape index (κ1) is 20.5. The lowest BCUT2D eigenvalue weighted by Gasteiger charge is -2.38. The van der Waals surface area contributed by atoms with Crippen molar-refractivity contribution >= 4 is 15.9 Å². The second-order valence-corrected chi connectivity index (χ2v) is 5.78. The fraction of sp³-hybridized carbons (Fsp3) is 1.00. The van der Waals surface area contributed by atoms with Gasteiger partial charge in [-0.05, 0) is 19.3 Å². The van der Waals surface area contributed by atoms with E-state index < -0.39 is 0 Å². The molecule has 0 unspecified atom stereocenters. The maximum Gasteiger partial charge on any atom is 0.0885 e. The summed E-state index contributed by atoms with van der Waals surface area (Å²) in [5, 5.41) is 1.16. The maximum absolute atomic E-state index is 3.65. The van der Waals surface area contributed by atoms with Gasteiger partial charge in [-0.2, -0.15) is 0 Å². The highest BCUT2D eigenvalue weighted by molar-refractivity contribution is 9.09. The van der Waals surface area contributed by atoms with Crippen LogP contribution >= 0.6 is 15.9 Å². The van der Waals surface area contributed by atoms with Crippen LogP contribution in [0.1, 0.15) is 59.3 Å². The molecule has 1 nitrogen and oxygen atoms in total. The van der Waals surface area contributed by atoms with Crippen LogP contribution in [0, 0.1) is 0 Å². The normalized spacial score (nSPS) is 11.3. The zero-order chi connectivity index (χ0) is 12.3. The number of rotatable bonds is 11. The summed E-state index contributed by atoms with van der Waals surface area (Å²) >= 11 is 3.65. The maximum atomic E-state index is 3.65. The van der Waals surface area contributed by atoms with Crippen LogP contribution in [0.2, 0.25) is 0 Å². The monoisotopic (exact) mass is 419 g/mol. The third-order valence-electron chi connectivity index (χ3n) is 3.52. The van der Waals surface area contributed by atoms with Gasteiger partial charge in [0.05, 0.1) is 31.5 Å². The van der Waals surface area contributed by atoms with E-state index in [2.05, 4.69) is 36.7 Å². The molecule has 0 amide bonds. The van der Waals surface area contributed by atoms with Crippen LogP contribution in [0.4, 0.5) is 0 Å². The van der Waals surface area contributed by atoms with Crippen molar-refractivity contribution in [3.8, 4) is 0 Å². The minimum atomic E-state index is 0. The van der Waals surface area contributed by atoms with Crippen molar-refractivity contribution in [2.24, 2.45) is 0 Å². The fourth-order valence-electron chi connectivity index (χ4n) is 2.33. The van der Waals surface area contributed by atoms with E-state index in [0.29, 0.717) is 0 Å². The van der Waals surface area contributed by atoms with Crippen molar-refractivity contribution in [3.05, 3.63) is 0 Å². The molecule has 0 aliphatic heterocycles. The standard InChI is InChI=1S/C14H31BrN.HI/c1-4-7-11-16(14-10-15,12-8-5-2)13-9-6-3;/h4-14H2,1-3H3;1H/q+1;/p-1. The molecule has 0 atom stereocenters. The molecule has 3 heteroatoms. The number of alkyl halides is 1. The van der Waals surface area contributed by atoms with Crippen LogP contribution < -0.4 is 24.0 Å². The summed E-state index contributed by atoms with van der Waals surface area (Å²) in [6.45, 7) is 12.4. The van der Waals surface area contributed by atoms with E-state index in [1.54, 1.807) is 0 Å². The molecule has 0 fully saturated rings. The highest BCUT2D eigenvalue weighted by Crippen LogP contribution is 2.15. The second kappa shape index (κ2) is 13.6. The lowest BCUT2D eigenvalue weighted by Crippen LogP contribution is -3.00. The molecule has 0 rings (SSSR count). The minimum Gasteiger partial charge on any atom is -1.00 e. The van der Waals surface area contributed by atoms with Crippen molar-refractivity contribution in [1.82, 2.24) is 0 Å². The average Bonchev–Trinajstić information content (AvgIpc) is 2.31. The Bertz CT molecular complexity index is 131. The molecule has 0 saturated carbocycles. The predicted molar refractivity (Wildman–Crippen MR) is 78.2 cm³/mol. The summed E-state index contributed by atoms with van der Waals surface area (Å²) in [5.74, 6) is 0. The van der Waals surface area contributed by atoms with Crippen LogP contribution in [-0.4, -0.2) is 36.0 Å². The van der Waals surface area contributed by atoms with Gasteiger partial charge in [0.1, 0.15) is 0 Å². The van der Waals surface area contributed by atoms with Gasteiger partial charge in [-0.15, -0.1) is 0 Å². The molecule has 0 aromatic carbocycles. The lowest BCUT2D eigenvalue weighted by atomic mass is 10.1. The third kappa shape index (κ3) is 9.71. The number of unbranched alkanes of at least 4 members (excludes halogenated alkanes) is 3. The molecule has 0 aromatic rings. The molecule has 0 aromatic heterocycles. The number of nitrogens with zero attached hydrogens (tertiary/aromatic N) is 1. The molecular weight excluding hydrogens is 389 g/mol. The van der Waals surface area contributed by atoms with Gasteiger partial charge < -0.3 is 28.5 Å². The van der Waals surface area contributed by atoms with Gasteiger partial charge in [0.15, 0.2) is 0 Å². The molecule has 0 aliphatic carbocycles. The van der Waals surface area contributed by atoms with Crippen molar-refractivity contribution in [2.45, 2.75) is 59.3 Å². The molecule has 0 spiro atoms. The third-order valence-corrected chi connectivity index (χ3v) is 3.87. The van der Waals surface area contributed by atoms with E-state index >= 15 is 0 Å². The summed E-state index contributed by atoms with van der Waals surface area (Å²) in [6.07, 6.45) is 8.17. The molecule has 0 N–H and O–H groups in total. The SMILES string of the molecule is CCCC[N+](CCBr)(CCCC)CCCC.[I-]. The summed E-state index contributed by atoms with van der Waals surface area (Å²) in [5.41, 5.74) is 0. The highest BCUT2D eigenvalue weighted by Gasteiger charge is 2.24. The molecule has 106 valence electrons. The van der Waals surface area contributed by atoms with E-state index in [-0.39, 0.29) is 24.0 Å². The van der Waals surface area contributed by atoms with Crippen LogP contribution in [0.15, 0.2) is 0 Å². The van der Waals surface area contributed by atoms with Crippen LogP contribution in [0.3, 0.4) is 0 Å². The Labute approximate surface area is 134 Å². The molecule has 0 heterocycles. The number of quaternary nitrogens is 1. The Hall–Kier alpha value is 1.17. The summed E-state index contributed by atoms with van der Waals surface area (Å²) in [4.78, 5) is 0. The molecule has 17 heavy (non-hydrogen) atoms. The topological polar surface area (TPSA) is 0 Å². The van der Waals surface area contributed by atoms with Crippen LogP contribution in [0.5, 0.6) is 0 Å². The minimum absolute atomic E-state index is 0. The smallest absolute Gasteiger partial charge is 0.0885 e. The molecular formula is C14H31BrIN. The molecule has 0 saturated heterocycles. The first-order valence-corrected chi connectivity index (χ1v) is 8.27. The first-order valence-electron chi connectivity index (χ1n) is 7.15. The Kier molecular flexibility index (Phi) is 16.4. The molecule has 0 radical (unpaired) electrons. The van der Waals surface area contributed by atoms with E-state index in [1.807, 2.05) is 0 Å². The van der Waals surface area contributed by atoms with E-state index in [9.17, 15) is 0 Å². The Morgan fingerprint density at radius 1 is 0.706 bits per heavy atom. The number of hydrogen-bond donors (Lipinski definition) is 0. The quantitative estimate of drug-likeness (QED) is 0.271. The second-order valence-electron chi connectivity index (χ2n) is 4.99. The van der Waals surface area contributed by atoms with E-state index in [4.69, 9.17) is 0 Å². The average molecular weight is 420 g/mol. The zero-order valence-electron chi connectivity index (χ0n) is 12.0. The van der Waals surface area contributed by atoms with Crippen molar-refractivity contribution in [3.63, 3.8) is 0 Å². The number of halogens is 2. The van der Waals surface area contributed by atoms with Gasteiger partial charge in [0.25, 0.3) is 0 Å². The summed E-state index contributed by atoms with van der Waals surface area (Å²) < 4.78 is 1.36. The first-order chi connectivity index (χ1) is 7.74. The van der Waals surface area contributed by atoms with Crippen LogP contribution in [0.25, 0.3) is 0 Å². The Morgan fingerprint density at radius 3 is 1.29 bits per heavy atom. The van der Waals surface area contributed by atoms with Gasteiger partial charge in [-0.1, -0.05) is 56.0 Å². The number of hydrogen-bond acceptors (Lipinski definition) is 0. The van der Waals surface area contributed by atoms with E-state index in [0.717, 1.165) is 5.33 Å².